The molecule has 2 N–H and O–H groups in total. The summed E-state index contributed by atoms with van der Waals surface area (Å²) in [4.78, 5) is 4.37. The highest BCUT2D eigenvalue weighted by atomic mass is 16.5. The summed E-state index contributed by atoms with van der Waals surface area (Å²) in [6, 6.07) is 14.8. The van der Waals surface area contributed by atoms with E-state index in [9.17, 15) is 0 Å². The minimum absolute atomic E-state index is 0.447. The number of nitrogens with two attached hydrogens (primary N) is 1. The first-order chi connectivity index (χ1) is 9.76. The van der Waals surface area contributed by atoms with Gasteiger partial charge in [0.25, 0.3) is 5.89 Å². The highest BCUT2D eigenvalue weighted by Crippen LogP contribution is 2.24. The van der Waals surface area contributed by atoms with E-state index in [1.807, 2.05) is 42.5 Å². The summed E-state index contributed by atoms with van der Waals surface area (Å²) in [5, 5.41) is 3.98. The molecule has 0 amide bonds. The molecule has 0 fully saturated rings. The third kappa shape index (κ3) is 2.33. The molecular formula is C15H13N3O2. The maximum absolute atomic E-state index is 5.74. The van der Waals surface area contributed by atoms with Crippen LogP contribution < -0.4 is 10.5 Å². The predicted molar refractivity (Wildman–Crippen MR) is 76.1 cm³/mol. The molecule has 3 aromatic rings. The van der Waals surface area contributed by atoms with Crippen molar-refractivity contribution in [1.29, 1.82) is 0 Å². The van der Waals surface area contributed by atoms with Gasteiger partial charge in [0.2, 0.25) is 5.82 Å². The summed E-state index contributed by atoms with van der Waals surface area (Å²) in [7, 11) is 1.63. The van der Waals surface area contributed by atoms with Crippen LogP contribution in [0.15, 0.2) is 53.1 Å². The van der Waals surface area contributed by atoms with Gasteiger partial charge in [-0.3, -0.25) is 0 Å². The molecule has 0 radical (unpaired) electrons. The molecule has 2 aromatic carbocycles. The zero-order valence-corrected chi connectivity index (χ0v) is 10.9. The van der Waals surface area contributed by atoms with Crippen LogP contribution in [0, 0.1) is 0 Å². The second kappa shape index (κ2) is 5.05. The molecule has 0 atom stereocenters. The number of rotatable bonds is 3. The van der Waals surface area contributed by atoms with Gasteiger partial charge < -0.3 is 15.0 Å². The van der Waals surface area contributed by atoms with Crippen LogP contribution in [-0.4, -0.2) is 17.3 Å². The Morgan fingerprint density at radius 1 is 1.05 bits per heavy atom. The SMILES string of the molecule is COc1ccc(-c2noc(-c3cccc(N)c3)n2)cc1. The minimum Gasteiger partial charge on any atom is -0.497 e. The summed E-state index contributed by atoms with van der Waals surface area (Å²) >= 11 is 0. The van der Waals surface area contributed by atoms with Gasteiger partial charge in [-0.15, -0.1) is 0 Å². The Balaban J connectivity index is 1.93. The standard InChI is InChI=1S/C15H13N3O2/c1-19-13-7-5-10(6-8-13)14-17-15(20-18-14)11-3-2-4-12(16)9-11/h2-9H,16H2,1H3. The van der Waals surface area contributed by atoms with Crippen LogP contribution in [-0.2, 0) is 0 Å². The number of anilines is 1. The maximum atomic E-state index is 5.74. The third-order valence-electron chi connectivity index (χ3n) is 2.91. The topological polar surface area (TPSA) is 74.2 Å². The summed E-state index contributed by atoms with van der Waals surface area (Å²) in [6.45, 7) is 0. The fraction of sp³-hybridized carbons (Fsp3) is 0.0667. The van der Waals surface area contributed by atoms with E-state index in [-0.39, 0.29) is 0 Å². The van der Waals surface area contributed by atoms with Crippen molar-refractivity contribution in [3.05, 3.63) is 48.5 Å². The molecule has 5 nitrogen and oxygen atoms in total. The van der Waals surface area contributed by atoms with Gasteiger partial charge in [0.05, 0.1) is 7.11 Å². The molecule has 0 unspecified atom stereocenters. The number of nitrogens with zero attached hydrogens (tertiary/aromatic N) is 2. The fourth-order valence-corrected chi connectivity index (χ4v) is 1.87. The zero-order chi connectivity index (χ0) is 13.9. The Morgan fingerprint density at radius 3 is 2.55 bits per heavy atom. The van der Waals surface area contributed by atoms with Crippen LogP contribution in [0.1, 0.15) is 0 Å². The number of methoxy groups -OCH3 is 1. The van der Waals surface area contributed by atoms with Gasteiger partial charge in [0, 0.05) is 16.8 Å². The second-order valence-electron chi connectivity index (χ2n) is 4.28. The summed E-state index contributed by atoms with van der Waals surface area (Å²) in [6.07, 6.45) is 0. The van der Waals surface area contributed by atoms with Crippen LogP contribution in [0.4, 0.5) is 5.69 Å². The van der Waals surface area contributed by atoms with Crippen LogP contribution in [0.2, 0.25) is 0 Å². The maximum Gasteiger partial charge on any atom is 0.258 e. The van der Waals surface area contributed by atoms with Crippen LogP contribution >= 0.6 is 0 Å². The molecular weight excluding hydrogens is 254 g/mol. The second-order valence-corrected chi connectivity index (χ2v) is 4.28. The highest BCUT2D eigenvalue weighted by Gasteiger charge is 2.10. The van der Waals surface area contributed by atoms with E-state index in [1.165, 1.54) is 0 Å². The first-order valence-corrected chi connectivity index (χ1v) is 6.10. The smallest absolute Gasteiger partial charge is 0.258 e. The van der Waals surface area contributed by atoms with Crippen molar-refractivity contribution in [2.45, 2.75) is 0 Å². The van der Waals surface area contributed by atoms with Crippen molar-refractivity contribution in [2.75, 3.05) is 12.8 Å². The predicted octanol–water partition coefficient (Wildman–Crippen LogP) is 2.99. The van der Waals surface area contributed by atoms with E-state index in [1.54, 1.807) is 13.2 Å². The number of hydrogen-bond acceptors (Lipinski definition) is 5. The Kier molecular flexibility index (Phi) is 3.09. The van der Waals surface area contributed by atoms with E-state index in [2.05, 4.69) is 10.1 Å². The normalized spacial score (nSPS) is 10.4. The molecule has 0 aliphatic carbocycles. The van der Waals surface area contributed by atoms with Gasteiger partial charge in [-0.25, -0.2) is 0 Å². The first kappa shape index (κ1) is 12.2. The van der Waals surface area contributed by atoms with Gasteiger partial charge in [-0.2, -0.15) is 4.98 Å². The molecule has 20 heavy (non-hydrogen) atoms. The molecule has 5 heteroatoms. The van der Waals surface area contributed by atoms with E-state index < -0.39 is 0 Å². The average Bonchev–Trinajstić information content (AvgIpc) is 2.97. The van der Waals surface area contributed by atoms with Gasteiger partial charge in [0.1, 0.15) is 5.75 Å². The Hall–Kier alpha value is -2.82. The van der Waals surface area contributed by atoms with E-state index in [4.69, 9.17) is 15.0 Å². The van der Waals surface area contributed by atoms with Crippen molar-refractivity contribution in [2.24, 2.45) is 0 Å². The number of ether oxygens (including phenoxy) is 1. The molecule has 0 aliphatic heterocycles. The molecule has 0 saturated carbocycles. The number of benzene rings is 2. The van der Waals surface area contributed by atoms with E-state index in [0.717, 1.165) is 16.9 Å². The van der Waals surface area contributed by atoms with Crippen molar-refractivity contribution >= 4 is 5.69 Å². The molecule has 0 spiro atoms. The lowest BCUT2D eigenvalue weighted by Crippen LogP contribution is -1.86. The van der Waals surface area contributed by atoms with Gasteiger partial charge in [-0.1, -0.05) is 11.2 Å². The van der Waals surface area contributed by atoms with Crippen molar-refractivity contribution in [3.63, 3.8) is 0 Å². The lowest BCUT2D eigenvalue weighted by Gasteiger charge is -1.99. The van der Waals surface area contributed by atoms with E-state index in [0.29, 0.717) is 17.4 Å². The fourth-order valence-electron chi connectivity index (χ4n) is 1.87. The number of hydrogen-bond donors (Lipinski definition) is 1. The van der Waals surface area contributed by atoms with Crippen molar-refractivity contribution in [3.8, 4) is 28.6 Å². The molecule has 1 heterocycles. The monoisotopic (exact) mass is 267 g/mol. The lowest BCUT2D eigenvalue weighted by atomic mass is 10.2. The molecule has 3 rings (SSSR count). The van der Waals surface area contributed by atoms with Crippen LogP contribution in [0.3, 0.4) is 0 Å². The molecule has 0 bridgehead atoms. The Morgan fingerprint density at radius 2 is 1.85 bits per heavy atom. The quantitative estimate of drug-likeness (QED) is 0.738. The van der Waals surface area contributed by atoms with E-state index >= 15 is 0 Å². The third-order valence-corrected chi connectivity index (χ3v) is 2.91. The minimum atomic E-state index is 0.447. The summed E-state index contributed by atoms with van der Waals surface area (Å²) < 4.78 is 10.4. The van der Waals surface area contributed by atoms with Crippen LogP contribution in [0.5, 0.6) is 5.75 Å². The Labute approximate surface area is 116 Å². The molecule has 1 aromatic heterocycles. The average molecular weight is 267 g/mol. The summed E-state index contributed by atoms with van der Waals surface area (Å²) in [5.41, 5.74) is 8.07. The van der Waals surface area contributed by atoms with Crippen LogP contribution in [0.25, 0.3) is 22.8 Å². The molecule has 0 saturated heterocycles. The number of aromatic nitrogens is 2. The summed E-state index contributed by atoms with van der Waals surface area (Å²) in [5.74, 6) is 1.77. The molecule has 100 valence electrons. The van der Waals surface area contributed by atoms with Crippen molar-refractivity contribution < 1.29 is 9.26 Å². The van der Waals surface area contributed by atoms with Gasteiger partial charge >= 0.3 is 0 Å². The largest absolute Gasteiger partial charge is 0.497 e. The zero-order valence-electron chi connectivity index (χ0n) is 10.9. The Bertz CT molecular complexity index is 720. The molecule has 0 aliphatic rings. The van der Waals surface area contributed by atoms with Crippen molar-refractivity contribution in [1.82, 2.24) is 10.1 Å². The lowest BCUT2D eigenvalue weighted by molar-refractivity contribution is 0.415. The highest BCUT2D eigenvalue weighted by molar-refractivity contribution is 5.63. The first-order valence-electron chi connectivity index (χ1n) is 6.10. The number of nitrogen functional groups attached to an aromatic ring is 1. The van der Waals surface area contributed by atoms with Gasteiger partial charge in [0.15, 0.2) is 0 Å². The van der Waals surface area contributed by atoms with Gasteiger partial charge in [-0.05, 0) is 42.5 Å².